The zero-order valence-electron chi connectivity index (χ0n) is 21.0. The largest absolute Gasteiger partial charge is 0.382 e. The van der Waals surface area contributed by atoms with Crippen LogP contribution in [0.25, 0.3) is 11.7 Å². The number of rotatable bonds is 8. The second-order valence-electron chi connectivity index (χ2n) is 8.89. The molecule has 0 bridgehead atoms. The zero-order valence-corrected chi connectivity index (χ0v) is 22.6. The van der Waals surface area contributed by atoms with Crippen LogP contribution in [0.4, 0.5) is 15.9 Å². The fourth-order valence-electron chi connectivity index (χ4n) is 4.62. The Labute approximate surface area is 229 Å². The number of amides is 1. The Hall–Kier alpha value is -3.28. The summed E-state index contributed by atoms with van der Waals surface area (Å²) in [6.45, 7) is 5.78. The van der Waals surface area contributed by atoms with Gasteiger partial charge in [-0.1, -0.05) is 42.2 Å². The third-order valence-electron chi connectivity index (χ3n) is 6.54. The quantitative estimate of drug-likeness (QED) is 0.237. The van der Waals surface area contributed by atoms with Gasteiger partial charge in [0, 0.05) is 52.1 Å². The van der Waals surface area contributed by atoms with Gasteiger partial charge in [-0.2, -0.15) is 0 Å². The fourth-order valence-corrected chi connectivity index (χ4v) is 5.91. The lowest BCUT2D eigenvalue weighted by molar-refractivity contribution is -0.122. The first-order valence-corrected chi connectivity index (χ1v) is 13.8. The van der Waals surface area contributed by atoms with E-state index in [9.17, 15) is 14.0 Å². The van der Waals surface area contributed by atoms with E-state index >= 15 is 0 Å². The Balaban J connectivity index is 1.45. The van der Waals surface area contributed by atoms with Crippen molar-refractivity contribution in [2.45, 2.75) is 13.3 Å². The third-order valence-corrected chi connectivity index (χ3v) is 7.92. The summed E-state index contributed by atoms with van der Waals surface area (Å²) in [7, 11) is 0. The molecule has 0 radical (unpaired) electrons. The van der Waals surface area contributed by atoms with Crippen LogP contribution in [0.15, 0.2) is 58.4 Å². The van der Waals surface area contributed by atoms with E-state index in [0.717, 1.165) is 0 Å². The van der Waals surface area contributed by atoms with Crippen LogP contribution in [0.5, 0.6) is 0 Å². The molecule has 2 aliphatic rings. The molecule has 1 aromatic carbocycles. The average molecular weight is 554 g/mol. The van der Waals surface area contributed by atoms with Crippen LogP contribution in [0.1, 0.15) is 18.9 Å². The number of carbonyl (C=O) groups is 1. The maximum atomic E-state index is 14.4. The molecule has 11 heteroatoms. The van der Waals surface area contributed by atoms with Crippen LogP contribution in [0.2, 0.25) is 0 Å². The number of hydrogen-bond donors (Lipinski definition) is 0. The molecular formula is C27H28FN5O3S2. The van der Waals surface area contributed by atoms with Crippen molar-refractivity contribution >= 4 is 57.4 Å². The standard InChI is InChI=1S/C27H28FN5O3S2/c1-2-36-17-7-12-33-26(35)22(38-27(33)37)18-19-24(29-23-10-5-6-11-32(23)25(19)34)31-15-13-30(14-16-31)21-9-4-3-8-20(21)28/h3-6,8-11,18H,2,7,12-17H2,1H3/b22-18-. The molecule has 4 heterocycles. The number of thiocarbonyl (C=S) groups is 1. The number of anilines is 2. The SMILES string of the molecule is CCOCCCN1C(=O)/C(=C/c2c(N3CCN(c4ccccc4F)CC3)nc3ccccn3c2=O)SC1=S. The minimum absolute atomic E-state index is 0.218. The molecule has 2 aliphatic heterocycles. The molecule has 198 valence electrons. The molecule has 3 aromatic rings. The number of piperazine rings is 1. The Kier molecular flexibility index (Phi) is 8.06. The van der Waals surface area contributed by atoms with Crippen LogP contribution in [-0.4, -0.2) is 70.4 Å². The number of hydrogen-bond acceptors (Lipinski definition) is 8. The molecular weight excluding hydrogens is 525 g/mol. The van der Waals surface area contributed by atoms with E-state index in [1.54, 1.807) is 41.4 Å². The predicted molar refractivity (Wildman–Crippen MR) is 153 cm³/mol. The molecule has 0 saturated carbocycles. The van der Waals surface area contributed by atoms with Gasteiger partial charge < -0.3 is 14.5 Å². The predicted octanol–water partition coefficient (Wildman–Crippen LogP) is 3.79. The van der Waals surface area contributed by atoms with Crippen molar-refractivity contribution in [3.63, 3.8) is 0 Å². The molecule has 0 atom stereocenters. The molecule has 0 N–H and O–H groups in total. The molecule has 2 aromatic heterocycles. The normalized spacial score (nSPS) is 17.3. The molecule has 8 nitrogen and oxygen atoms in total. The smallest absolute Gasteiger partial charge is 0.267 e. The summed E-state index contributed by atoms with van der Waals surface area (Å²) >= 11 is 6.66. The van der Waals surface area contributed by atoms with E-state index in [-0.39, 0.29) is 17.3 Å². The van der Waals surface area contributed by atoms with Crippen molar-refractivity contribution in [2.24, 2.45) is 0 Å². The van der Waals surface area contributed by atoms with Crippen LogP contribution in [0, 0.1) is 5.82 Å². The Bertz CT molecular complexity index is 1450. The lowest BCUT2D eigenvalue weighted by atomic mass is 10.2. The van der Waals surface area contributed by atoms with Gasteiger partial charge >= 0.3 is 0 Å². The first-order valence-electron chi connectivity index (χ1n) is 12.6. The summed E-state index contributed by atoms with van der Waals surface area (Å²) in [5, 5.41) is 0. The number of ether oxygens (including phenoxy) is 1. The number of carbonyl (C=O) groups excluding carboxylic acids is 1. The van der Waals surface area contributed by atoms with E-state index in [4.69, 9.17) is 21.9 Å². The second-order valence-corrected chi connectivity index (χ2v) is 10.6. The van der Waals surface area contributed by atoms with Gasteiger partial charge in [-0.25, -0.2) is 9.37 Å². The minimum atomic E-state index is -0.260. The van der Waals surface area contributed by atoms with Crippen LogP contribution >= 0.6 is 24.0 Å². The van der Waals surface area contributed by atoms with Crippen molar-refractivity contribution < 1.29 is 13.9 Å². The number of benzene rings is 1. The van der Waals surface area contributed by atoms with Gasteiger partial charge in [0.15, 0.2) is 0 Å². The van der Waals surface area contributed by atoms with E-state index in [0.29, 0.717) is 84.3 Å². The number of pyridine rings is 1. The van der Waals surface area contributed by atoms with E-state index < -0.39 is 0 Å². The fraction of sp³-hybridized carbons (Fsp3) is 0.333. The van der Waals surface area contributed by atoms with E-state index in [1.807, 2.05) is 28.9 Å². The van der Waals surface area contributed by atoms with Crippen molar-refractivity contribution in [3.05, 3.63) is 75.3 Å². The van der Waals surface area contributed by atoms with Crippen LogP contribution in [-0.2, 0) is 9.53 Å². The van der Waals surface area contributed by atoms with Crippen molar-refractivity contribution in [2.75, 3.05) is 55.7 Å². The number of para-hydroxylation sites is 1. The number of thioether (sulfide) groups is 1. The summed E-state index contributed by atoms with van der Waals surface area (Å²) in [4.78, 5) is 37.6. The Morgan fingerprint density at radius 2 is 1.82 bits per heavy atom. The summed E-state index contributed by atoms with van der Waals surface area (Å²) in [6.07, 6.45) is 3.96. The van der Waals surface area contributed by atoms with Gasteiger partial charge in [-0.15, -0.1) is 0 Å². The molecule has 5 rings (SSSR count). The lowest BCUT2D eigenvalue weighted by Gasteiger charge is -2.37. The third kappa shape index (κ3) is 5.31. The summed E-state index contributed by atoms with van der Waals surface area (Å²) < 4.78 is 21.7. The molecule has 38 heavy (non-hydrogen) atoms. The van der Waals surface area contributed by atoms with Crippen molar-refractivity contribution in [1.82, 2.24) is 14.3 Å². The van der Waals surface area contributed by atoms with Gasteiger partial charge in [-0.05, 0) is 43.7 Å². The first kappa shape index (κ1) is 26.3. The van der Waals surface area contributed by atoms with Gasteiger partial charge in [0.1, 0.15) is 21.6 Å². The highest BCUT2D eigenvalue weighted by Gasteiger charge is 2.33. The molecule has 2 fully saturated rings. The molecule has 0 spiro atoms. The molecule has 0 aliphatic carbocycles. The second kappa shape index (κ2) is 11.6. The maximum absolute atomic E-state index is 14.4. The van der Waals surface area contributed by atoms with Gasteiger partial charge in [0.25, 0.3) is 11.5 Å². The monoisotopic (exact) mass is 553 g/mol. The van der Waals surface area contributed by atoms with Gasteiger partial charge in [0.05, 0.1) is 16.2 Å². The Morgan fingerprint density at radius 3 is 2.58 bits per heavy atom. The highest BCUT2D eigenvalue weighted by molar-refractivity contribution is 8.26. The van der Waals surface area contributed by atoms with Crippen LogP contribution in [0.3, 0.4) is 0 Å². The maximum Gasteiger partial charge on any atom is 0.267 e. The van der Waals surface area contributed by atoms with Gasteiger partial charge in [0.2, 0.25) is 0 Å². The summed E-state index contributed by atoms with van der Waals surface area (Å²) in [5.41, 5.74) is 1.16. The van der Waals surface area contributed by atoms with Crippen molar-refractivity contribution in [3.8, 4) is 0 Å². The zero-order chi connectivity index (χ0) is 26.6. The van der Waals surface area contributed by atoms with E-state index in [2.05, 4.69) is 0 Å². The number of aromatic nitrogens is 2. The minimum Gasteiger partial charge on any atom is -0.382 e. The number of nitrogens with zero attached hydrogens (tertiary/aromatic N) is 5. The van der Waals surface area contributed by atoms with Crippen LogP contribution < -0.4 is 15.4 Å². The molecule has 2 saturated heterocycles. The average Bonchev–Trinajstić information content (AvgIpc) is 3.20. The van der Waals surface area contributed by atoms with Crippen molar-refractivity contribution in [1.29, 1.82) is 0 Å². The first-order chi connectivity index (χ1) is 18.5. The highest BCUT2D eigenvalue weighted by atomic mass is 32.2. The highest BCUT2D eigenvalue weighted by Crippen LogP contribution is 2.34. The Morgan fingerprint density at radius 1 is 1.08 bits per heavy atom. The lowest BCUT2D eigenvalue weighted by Crippen LogP contribution is -2.47. The molecule has 1 amide bonds. The number of fused-ring (bicyclic) bond motifs is 1. The molecule has 0 unspecified atom stereocenters. The van der Waals surface area contributed by atoms with Gasteiger partial charge in [-0.3, -0.25) is 18.9 Å². The van der Waals surface area contributed by atoms with E-state index in [1.165, 1.54) is 22.2 Å². The topological polar surface area (TPSA) is 70.4 Å². The number of halogens is 1. The summed E-state index contributed by atoms with van der Waals surface area (Å²) in [5.74, 6) is 0.0346. The summed E-state index contributed by atoms with van der Waals surface area (Å²) in [6, 6.07) is 12.1.